The summed E-state index contributed by atoms with van der Waals surface area (Å²) in [5.74, 6) is -0.0821. The number of nitrogens with zero attached hydrogens (tertiary/aromatic N) is 3. The fraction of sp³-hybridized carbons (Fsp3) is 0. The van der Waals surface area contributed by atoms with Gasteiger partial charge in [-0.05, 0) is 18.2 Å². The van der Waals surface area contributed by atoms with E-state index >= 15 is 0 Å². The van der Waals surface area contributed by atoms with Crippen molar-refractivity contribution in [2.45, 2.75) is 4.90 Å². The molecule has 0 aromatic carbocycles. The van der Waals surface area contributed by atoms with Crippen molar-refractivity contribution in [3.63, 3.8) is 0 Å². The molecule has 0 aliphatic carbocycles. The van der Waals surface area contributed by atoms with Gasteiger partial charge in [0.05, 0.1) is 0 Å². The standard InChI is InChI=1S/C9H7ClN4O2S/c10-8-3-5-12-9(13-8)14-17(15,16)7-2-1-4-11-6-7/h1-6H,(H,12,13,14). The molecule has 0 aliphatic rings. The number of anilines is 1. The molecule has 2 heterocycles. The number of sulfonamides is 1. The Bertz CT molecular complexity index is 618. The molecule has 8 heteroatoms. The Morgan fingerprint density at radius 2 is 2.06 bits per heavy atom. The van der Waals surface area contributed by atoms with Crippen molar-refractivity contribution in [1.29, 1.82) is 0 Å². The summed E-state index contributed by atoms with van der Waals surface area (Å²) in [6.45, 7) is 0. The number of aromatic nitrogens is 3. The first-order valence-corrected chi connectivity index (χ1v) is 6.35. The average molecular weight is 271 g/mol. The van der Waals surface area contributed by atoms with Gasteiger partial charge in [-0.25, -0.2) is 23.1 Å². The van der Waals surface area contributed by atoms with Gasteiger partial charge in [0.25, 0.3) is 10.0 Å². The van der Waals surface area contributed by atoms with Crippen LogP contribution in [0.25, 0.3) is 0 Å². The average Bonchev–Trinajstić information content (AvgIpc) is 2.29. The molecule has 0 amide bonds. The largest absolute Gasteiger partial charge is 0.265 e. The number of hydrogen-bond acceptors (Lipinski definition) is 5. The van der Waals surface area contributed by atoms with E-state index in [1.165, 1.54) is 36.8 Å². The van der Waals surface area contributed by atoms with Crippen molar-refractivity contribution >= 4 is 27.6 Å². The highest BCUT2D eigenvalue weighted by Crippen LogP contribution is 2.12. The van der Waals surface area contributed by atoms with E-state index in [1.807, 2.05) is 0 Å². The first kappa shape index (κ1) is 11.7. The smallest absolute Gasteiger partial charge is 0.263 e. The van der Waals surface area contributed by atoms with Crippen molar-refractivity contribution in [2.24, 2.45) is 0 Å². The molecule has 2 aromatic heterocycles. The van der Waals surface area contributed by atoms with Gasteiger partial charge < -0.3 is 0 Å². The fourth-order valence-electron chi connectivity index (χ4n) is 1.07. The summed E-state index contributed by atoms with van der Waals surface area (Å²) < 4.78 is 25.9. The second-order valence-electron chi connectivity index (χ2n) is 3.00. The highest BCUT2D eigenvalue weighted by atomic mass is 35.5. The minimum atomic E-state index is -3.73. The number of pyridine rings is 1. The lowest BCUT2D eigenvalue weighted by Gasteiger charge is -2.05. The van der Waals surface area contributed by atoms with Gasteiger partial charge in [-0.1, -0.05) is 11.6 Å². The molecular weight excluding hydrogens is 264 g/mol. The molecular formula is C9H7ClN4O2S. The highest BCUT2D eigenvalue weighted by Gasteiger charge is 2.15. The number of hydrogen-bond donors (Lipinski definition) is 1. The molecule has 1 N–H and O–H groups in total. The third kappa shape index (κ3) is 2.89. The molecule has 2 aromatic rings. The summed E-state index contributed by atoms with van der Waals surface area (Å²) in [6.07, 6.45) is 4.07. The minimum absolute atomic E-state index is 0.0311. The van der Waals surface area contributed by atoms with Crippen molar-refractivity contribution in [1.82, 2.24) is 15.0 Å². The number of nitrogens with one attached hydrogen (secondary N) is 1. The van der Waals surface area contributed by atoms with Gasteiger partial charge >= 0.3 is 0 Å². The lowest BCUT2D eigenvalue weighted by Crippen LogP contribution is -2.15. The molecule has 0 saturated carbocycles. The van der Waals surface area contributed by atoms with Crippen LogP contribution in [-0.4, -0.2) is 23.4 Å². The summed E-state index contributed by atoms with van der Waals surface area (Å²) >= 11 is 5.62. The normalized spacial score (nSPS) is 11.1. The maximum atomic E-state index is 11.8. The molecule has 2 rings (SSSR count). The molecule has 0 unspecified atom stereocenters. The maximum absolute atomic E-state index is 11.8. The highest BCUT2D eigenvalue weighted by molar-refractivity contribution is 7.92. The van der Waals surface area contributed by atoms with Gasteiger partial charge in [0, 0.05) is 18.6 Å². The van der Waals surface area contributed by atoms with Gasteiger partial charge in [-0.2, -0.15) is 0 Å². The second kappa shape index (κ2) is 4.64. The van der Waals surface area contributed by atoms with Crippen LogP contribution in [0, 0.1) is 0 Å². The Morgan fingerprint density at radius 3 is 2.71 bits per heavy atom. The predicted molar refractivity (Wildman–Crippen MR) is 62.1 cm³/mol. The number of halogens is 1. The zero-order valence-electron chi connectivity index (χ0n) is 8.41. The monoisotopic (exact) mass is 270 g/mol. The molecule has 88 valence electrons. The molecule has 0 saturated heterocycles. The summed E-state index contributed by atoms with van der Waals surface area (Å²) in [5, 5.41) is 0.156. The molecule has 0 bridgehead atoms. The van der Waals surface area contributed by atoms with E-state index in [-0.39, 0.29) is 16.0 Å². The van der Waals surface area contributed by atoms with Crippen molar-refractivity contribution in [2.75, 3.05) is 4.72 Å². The fourth-order valence-corrected chi connectivity index (χ4v) is 2.12. The van der Waals surface area contributed by atoms with Crippen LogP contribution in [-0.2, 0) is 10.0 Å². The van der Waals surface area contributed by atoms with Crippen molar-refractivity contribution in [3.8, 4) is 0 Å². The van der Waals surface area contributed by atoms with Crippen LogP contribution < -0.4 is 4.72 Å². The number of rotatable bonds is 3. The molecule has 0 atom stereocenters. The maximum Gasteiger partial charge on any atom is 0.265 e. The zero-order chi connectivity index (χ0) is 12.3. The Balaban J connectivity index is 2.30. The predicted octanol–water partition coefficient (Wildman–Crippen LogP) is 1.33. The second-order valence-corrected chi connectivity index (χ2v) is 5.07. The van der Waals surface area contributed by atoms with Gasteiger partial charge in [0.2, 0.25) is 5.95 Å². The van der Waals surface area contributed by atoms with Crippen LogP contribution in [0.1, 0.15) is 0 Å². The quantitative estimate of drug-likeness (QED) is 0.851. The first-order chi connectivity index (χ1) is 8.08. The van der Waals surface area contributed by atoms with E-state index in [2.05, 4.69) is 19.7 Å². The van der Waals surface area contributed by atoms with Crippen molar-refractivity contribution < 1.29 is 8.42 Å². The summed E-state index contributed by atoms with van der Waals surface area (Å²) in [7, 11) is -3.73. The third-order valence-electron chi connectivity index (χ3n) is 1.79. The van der Waals surface area contributed by atoms with E-state index < -0.39 is 10.0 Å². The third-order valence-corrected chi connectivity index (χ3v) is 3.32. The molecule has 17 heavy (non-hydrogen) atoms. The van der Waals surface area contributed by atoms with E-state index in [1.54, 1.807) is 0 Å². The summed E-state index contributed by atoms with van der Waals surface area (Å²) in [4.78, 5) is 11.2. The Hall–Kier alpha value is -1.73. The Kier molecular flexibility index (Phi) is 3.21. The van der Waals surface area contributed by atoms with E-state index in [0.717, 1.165) is 0 Å². The summed E-state index contributed by atoms with van der Waals surface area (Å²) in [5.41, 5.74) is 0. The van der Waals surface area contributed by atoms with Gasteiger partial charge in [0.15, 0.2) is 0 Å². The van der Waals surface area contributed by atoms with Crippen molar-refractivity contribution in [3.05, 3.63) is 41.9 Å². The van der Waals surface area contributed by atoms with Crippen LogP contribution in [0.2, 0.25) is 5.15 Å². The van der Waals surface area contributed by atoms with Crippen LogP contribution in [0.4, 0.5) is 5.95 Å². The van der Waals surface area contributed by atoms with Crippen LogP contribution in [0.5, 0.6) is 0 Å². The summed E-state index contributed by atoms with van der Waals surface area (Å²) in [6, 6.07) is 4.39. The topological polar surface area (TPSA) is 84.8 Å². The zero-order valence-corrected chi connectivity index (χ0v) is 9.98. The van der Waals surface area contributed by atoms with Gasteiger partial charge in [-0.15, -0.1) is 0 Å². The molecule has 0 radical (unpaired) electrons. The van der Waals surface area contributed by atoms with E-state index in [4.69, 9.17) is 11.6 Å². The SMILES string of the molecule is O=S(=O)(Nc1nccc(Cl)n1)c1cccnc1. The van der Waals surface area contributed by atoms with Gasteiger partial charge in [-0.3, -0.25) is 4.98 Å². The first-order valence-electron chi connectivity index (χ1n) is 4.49. The van der Waals surface area contributed by atoms with Gasteiger partial charge in [0.1, 0.15) is 10.0 Å². The van der Waals surface area contributed by atoms with Crippen LogP contribution in [0.3, 0.4) is 0 Å². The molecule has 0 spiro atoms. The minimum Gasteiger partial charge on any atom is -0.263 e. The van der Waals surface area contributed by atoms with Crippen LogP contribution >= 0.6 is 11.6 Å². The molecule has 0 aliphatic heterocycles. The molecule has 0 fully saturated rings. The Labute approximate surface area is 103 Å². The lowest BCUT2D eigenvalue weighted by atomic mass is 10.5. The molecule has 6 nitrogen and oxygen atoms in total. The van der Waals surface area contributed by atoms with E-state index in [9.17, 15) is 8.42 Å². The van der Waals surface area contributed by atoms with E-state index in [0.29, 0.717) is 0 Å². The lowest BCUT2D eigenvalue weighted by molar-refractivity contribution is 0.600. The van der Waals surface area contributed by atoms with Crippen LogP contribution in [0.15, 0.2) is 41.7 Å². The Morgan fingerprint density at radius 1 is 1.24 bits per heavy atom.